The Morgan fingerprint density at radius 1 is 1.32 bits per heavy atom. The molecule has 1 aliphatic rings. The van der Waals surface area contributed by atoms with Gasteiger partial charge in [0.2, 0.25) is 12.4 Å². The number of nitrogens with zero attached hydrogens (tertiary/aromatic N) is 3. The summed E-state index contributed by atoms with van der Waals surface area (Å²) in [5.74, 6) is 0.356. The second-order valence-electron chi connectivity index (χ2n) is 7.37. The quantitative estimate of drug-likeness (QED) is 0.564. The molecule has 0 bridgehead atoms. The largest absolute Gasteiger partial charge is 0.394 e. The highest BCUT2D eigenvalue weighted by molar-refractivity contribution is 6.42. The van der Waals surface area contributed by atoms with Gasteiger partial charge < -0.3 is 20.6 Å². The van der Waals surface area contributed by atoms with Crippen LogP contribution >= 0.6 is 23.2 Å². The molecule has 1 aliphatic heterocycles. The van der Waals surface area contributed by atoms with E-state index in [0.29, 0.717) is 35.2 Å². The number of fused-ring (bicyclic) bond motifs is 1. The van der Waals surface area contributed by atoms with Crippen LogP contribution in [0, 0.1) is 0 Å². The number of carbonyl (C=O) groups excluding carboxylic acids is 1. The lowest BCUT2D eigenvalue weighted by Gasteiger charge is -2.30. The van der Waals surface area contributed by atoms with Crippen LogP contribution in [0.1, 0.15) is 36.2 Å². The molecule has 0 fully saturated rings. The number of nitrogens with one attached hydrogen (secondary N) is 2. The molecule has 2 amide bonds. The normalized spacial score (nSPS) is 15.4. The van der Waals surface area contributed by atoms with Crippen LogP contribution in [0.2, 0.25) is 10.0 Å². The van der Waals surface area contributed by atoms with Crippen molar-refractivity contribution in [2.45, 2.75) is 44.8 Å². The van der Waals surface area contributed by atoms with Gasteiger partial charge in [0.25, 0.3) is 0 Å². The highest BCUT2D eigenvalue weighted by Crippen LogP contribution is 2.29. The Morgan fingerprint density at radius 3 is 2.77 bits per heavy atom. The molecule has 0 saturated carbocycles. The number of hydrogen-bond donors (Lipinski definition) is 3. The number of halogens is 4. The summed E-state index contributed by atoms with van der Waals surface area (Å²) < 4.78 is 26.3. The van der Waals surface area contributed by atoms with E-state index in [1.54, 1.807) is 19.2 Å². The number of urea groups is 1. The number of anilines is 1. The Balaban J connectivity index is 1.73. The van der Waals surface area contributed by atoms with E-state index in [4.69, 9.17) is 23.2 Å². The summed E-state index contributed by atoms with van der Waals surface area (Å²) in [7, 11) is 0. The molecule has 11 heteroatoms. The molecular weight excluding hydrogens is 451 g/mol. The van der Waals surface area contributed by atoms with Gasteiger partial charge in [0.05, 0.1) is 34.9 Å². The second kappa shape index (κ2) is 10.4. The monoisotopic (exact) mass is 473 g/mol. The molecule has 3 N–H and O–H groups in total. The smallest absolute Gasteiger partial charge is 0.318 e. The maximum Gasteiger partial charge on any atom is 0.318 e. The number of amides is 2. The average Bonchev–Trinajstić information content (AvgIpc) is 2.74. The zero-order valence-corrected chi connectivity index (χ0v) is 18.3. The molecule has 0 saturated heterocycles. The van der Waals surface area contributed by atoms with Crippen LogP contribution in [-0.2, 0) is 13.0 Å². The predicted octanol–water partition coefficient (Wildman–Crippen LogP) is 4.04. The summed E-state index contributed by atoms with van der Waals surface area (Å²) in [6.45, 7) is 2.34. The van der Waals surface area contributed by atoms with Crippen LogP contribution in [0.4, 0.5) is 19.5 Å². The van der Waals surface area contributed by atoms with Crippen LogP contribution in [0.15, 0.2) is 24.4 Å². The molecule has 0 radical (unpaired) electrons. The van der Waals surface area contributed by atoms with E-state index in [0.717, 1.165) is 5.56 Å². The fourth-order valence-corrected chi connectivity index (χ4v) is 3.54. The van der Waals surface area contributed by atoms with Gasteiger partial charge in [0.1, 0.15) is 0 Å². The van der Waals surface area contributed by atoms with E-state index in [2.05, 4.69) is 20.6 Å². The van der Waals surface area contributed by atoms with Gasteiger partial charge in [-0.15, -0.1) is 0 Å². The fourth-order valence-electron chi connectivity index (χ4n) is 3.24. The summed E-state index contributed by atoms with van der Waals surface area (Å²) in [4.78, 5) is 23.0. The van der Waals surface area contributed by atoms with E-state index in [-0.39, 0.29) is 24.2 Å². The van der Waals surface area contributed by atoms with Crippen molar-refractivity contribution >= 4 is 35.2 Å². The van der Waals surface area contributed by atoms with Gasteiger partial charge in [-0.3, -0.25) is 0 Å². The molecule has 168 valence electrons. The Bertz CT molecular complexity index is 934. The summed E-state index contributed by atoms with van der Waals surface area (Å²) in [6.07, 6.45) is -0.926. The fraction of sp³-hybridized carbons (Fsp3) is 0.450. The average molecular weight is 474 g/mol. The lowest BCUT2D eigenvalue weighted by molar-refractivity contribution is 0.120. The Hall–Kier alpha value is -2.23. The molecule has 1 aromatic carbocycles. The minimum atomic E-state index is -2.61. The van der Waals surface area contributed by atoms with Gasteiger partial charge >= 0.3 is 6.03 Å². The Kier molecular flexibility index (Phi) is 7.85. The molecule has 31 heavy (non-hydrogen) atoms. The van der Waals surface area contributed by atoms with Gasteiger partial charge in [-0.1, -0.05) is 29.3 Å². The van der Waals surface area contributed by atoms with Crippen molar-refractivity contribution in [1.82, 2.24) is 20.2 Å². The maximum atomic E-state index is 13.2. The third kappa shape index (κ3) is 6.15. The molecule has 2 aromatic rings. The molecule has 1 unspecified atom stereocenters. The molecule has 1 aromatic heterocycles. The zero-order chi connectivity index (χ0) is 22.5. The minimum Gasteiger partial charge on any atom is -0.394 e. The molecule has 2 heterocycles. The number of benzene rings is 1. The maximum absolute atomic E-state index is 13.2. The summed E-state index contributed by atoms with van der Waals surface area (Å²) in [5.41, 5.74) is 2.04. The number of hydrogen-bond acceptors (Lipinski definition) is 5. The van der Waals surface area contributed by atoms with Crippen LogP contribution < -0.4 is 10.6 Å². The first kappa shape index (κ1) is 23.4. The van der Waals surface area contributed by atoms with Gasteiger partial charge in [-0.25, -0.2) is 23.5 Å². The van der Waals surface area contributed by atoms with Crippen molar-refractivity contribution in [2.75, 3.05) is 18.5 Å². The van der Waals surface area contributed by atoms with E-state index in [1.165, 1.54) is 17.0 Å². The van der Waals surface area contributed by atoms with Gasteiger partial charge in [-0.2, -0.15) is 0 Å². The highest BCUT2D eigenvalue weighted by atomic mass is 35.5. The summed E-state index contributed by atoms with van der Waals surface area (Å²) in [5, 5.41) is 15.4. The van der Waals surface area contributed by atoms with E-state index in [1.807, 2.05) is 0 Å². The van der Waals surface area contributed by atoms with Crippen molar-refractivity contribution in [1.29, 1.82) is 0 Å². The Labute approximate surface area is 188 Å². The summed E-state index contributed by atoms with van der Waals surface area (Å²) >= 11 is 11.9. The van der Waals surface area contributed by atoms with Crippen molar-refractivity contribution < 1.29 is 18.7 Å². The van der Waals surface area contributed by atoms with Crippen LogP contribution in [-0.4, -0.2) is 51.6 Å². The molecule has 0 spiro atoms. The number of alkyl halides is 2. The minimum absolute atomic E-state index is 0.0742. The third-order valence-corrected chi connectivity index (χ3v) is 5.68. The van der Waals surface area contributed by atoms with Crippen LogP contribution in [0.25, 0.3) is 0 Å². The van der Waals surface area contributed by atoms with Crippen molar-refractivity contribution in [2.24, 2.45) is 0 Å². The molecular formula is C20H23Cl2F2N5O2. The molecule has 7 nitrogen and oxygen atoms in total. The number of aromatic nitrogens is 2. The van der Waals surface area contributed by atoms with Crippen LogP contribution in [0.3, 0.4) is 0 Å². The van der Waals surface area contributed by atoms with Crippen molar-refractivity contribution in [3.63, 3.8) is 0 Å². The van der Waals surface area contributed by atoms with Crippen molar-refractivity contribution in [3.05, 3.63) is 51.3 Å². The lowest BCUT2D eigenvalue weighted by atomic mass is 10.0. The van der Waals surface area contributed by atoms with E-state index < -0.39 is 24.9 Å². The zero-order valence-electron chi connectivity index (χ0n) is 16.8. The van der Waals surface area contributed by atoms with E-state index >= 15 is 0 Å². The molecule has 2 atom stereocenters. The lowest BCUT2D eigenvalue weighted by Crippen LogP contribution is -2.44. The SMILES string of the molecule is C[C@@H](CO)Nc1ncc2c(n1)CN(C(=O)NC(CC(F)F)c1ccc(Cl)c(Cl)c1)CC2. The van der Waals surface area contributed by atoms with Gasteiger partial charge in [-0.05, 0) is 36.6 Å². The third-order valence-electron chi connectivity index (χ3n) is 4.94. The number of rotatable bonds is 7. The topological polar surface area (TPSA) is 90.4 Å². The van der Waals surface area contributed by atoms with Gasteiger partial charge in [0, 0.05) is 25.2 Å². The first-order valence-corrected chi connectivity index (χ1v) is 10.5. The number of aliphatic hydroxyl groups excluding tert-OH is 1. The standard InChI is InChI=1S/C20H23Cl2F2N5O2/c1-11(10-30)26-19-25-8-13-4-5-29(9-17(13)27-19)20(31)28-16(7-18(23)24)12-2-3-14(21)15(22)6-12/h2-3,6,8,11,16,18,30H,4-5,7,9-10H2,1H3,(H,28,31)(H,25,26,27)/t11-,16?/m0/s1. The van der Waals surface area contributed by atoms with Crippen molar-refractivity contribution in [3.8, 4) is 0 Å². The number of carbonyl (C=O) groups is 1. The molecule has 0 aliphatic carbocycles. The first-order chi connectivity index (χ1) is 14.8. The van der Waals surface area contributed by atoms with Crippen LogP contribution in [0.5, 0.6) is 0 Å². The van der Waals surface area contributed by atoms with Gasteiger partial charge in [0.15, 0.2) is 0 Å². The number of aliphatic hydroxyl groups is 1. The highest BCUT2D eigenvalue weighted by Gasteiger charge is 2.26. The Morgan fingerprint density at radius 2 is 2.10 bits per heavy atom. The predicted molar refractivity (Wildman–Crippen MR) is 115 cm³/mol. The first-order valence-electron chi connectivity index (χ1n) is 9.77. The summed E-state index contributed by atoms with van der Waals surface area (Å²) in [6, 6.07) is 2.95. The van der Waals surface area contributed by atoms with E-state index in [9.17, 15) is 18.7 Å². The molecule has 3 rings (SSSR count). The second-order valence-corrected chi connectivity index (χ2v) is 8.18.